The molecule has 0 unspecified atom stereocenters. The van der Waals surface area contributed by atoms with Crippen LogP contribution in [0.15, 0.2) is 30.3 Å². The number of aryl methyl sites for hydroxylation is 3. The SMILES string of the molecule is Cc1ccc(-c2nc(Cl)c3c(C)ccc(Cl)c3n2)cc1C. The highest BCUT2D eigenvalue weighted by Crippen LogP contribution is 2.32. The zero-order valence-electron chi connectivity index (χ0n) is 12.0. The van der Waals surface area contributed by atoms with Crippen molar-refractivity contribution in [3.05, 3.63) is 57.2 Å². The first-order chi connectivity index (χ1) is 9.97. The molecule has 4 heteroatoms. The maximum Gasteiger partial charge on any atom is 0.161 e. The summed E-state index contributed by atoms with van der Waals surface area (Å²) in [5.74, 6) is 0.600. The molecule has 0 saturated heterocycles. The molecule has 3 rings (SSSR count). The maximum atomic E-state index is 6.35. The minimum Gasteiger partial charge on any atom is -0.226 e. The Hall–Kier alpha value is -1.64. The van der Waals surface area contributed by atoms with E-state index in [0.29, 0.717) is 21.5 Å². The van der Waals surface area contributed by atoms with Crippen LogP contribution in [0, 0.1) is 20.8 Å². The summed E-state index contributed by atoms with van der Waals surface area (Å²) in [6.45, 7) is 6.12. The summed E-state index contributed by atoms with van der Waals surface area (Å²) < 4.78 is 0. The topological polar surface area (TPSA) is 25.8 Å². The fourth-order valence-electron chi connectivity index (χ4n) is 2.33. The Bertz CT molecular complexity index is 857. The van der Waals surface area contributed by atoms with Gasteiger partial charge in [0.1, 0.15) is 5.15 Å². The van der Waals surface area contributed by atoms with Crippen LogP contribution >= 0.6 is 23.2 Å². The van der Waals surface area contributed by atoms with Crippen molar-refractivity contribution in [1.82, 2.24) is 9.97 Å². The average molecular weight is 317 g/mol. The zero-order valence-corrected chi connectivity index (χ0v) is 13.5. The summed E-state index contributed by atoms with van der Waals surface area (Å²) in [7, 11) is 0. The molecular weight excluding hydrogens is 303 g/mol. The number of fused-ring (bicyclic) bond motifs is 1. The molecule has 21 heavy (non-hydrogen) atoms. The second-order valence-corrected chi connectivity index (χ2v) is 5.99. The molecule has 1 heterocycles. The summed E-state index contributed by atoms with van der Waals surface area (Å²) in [5.41, 5.74) is 5.09. The van der Waals surface area contributed by atoms with Gasteiger partial charge in [-0.05, 0) is 49.6 Å². The number of halogens is 2. The Morgan fingerprint density at radius 2 is 1.52 bits per heavy atom. The highest BCUT2D eigenvalue weighted by atomic mass is 35.5. The van der Waals surface area contributed by atoms with Crippen molar-refractivity contribution in [2.24, 2.45) is 0 Å². The van der Waals surface area contributed by atoms with Crippen molar-refractivity contribution in [3.63, 3.8) is 0 Å². The molecule has 0 bridgehead atoms. The van der Waals surface area contributed by atoms with Crippen molar-refractivity contribution in [3.8, 4) is 11.4 Å². The molecule has 0 spiro atoms. The molecule has 3 aromatic rings. The van der Waals surface area contributed by atoms with E-state index in [1.165, 1.54) is 11.1 Å². The van der Waals surface area contributed by atoms with Crippen molar-refractivity contribution in [2.75, 3.05) is 0 Å². The normalized spacial score (nSPS) is 11.1. The van der Waals surface area contributed by atoms with Crippen molar-refractivity contribution in [1.29, 1.82) is 0 Å². The molecule has 2 aromatic carbocycles. The lowest BCUT2D eigenvalue weighted by atomic mass is 10.1. The molecule has 1 aromatic heterocycles. The lowest BCUT2D eigenvalue weighted by Crippen LogP contribution is -1.95. The van der Waals surface area contributed by atoms with Crippen LogP contribution in [0.25, 0.3) is 22.3 Å². The van der Waals surface area contributed by atoms with Gasteiger partial charge in [0, 0.05) is 10.9 Å². The molecule has 2 nitrogen and oxygen atoms in total. The smallest absolute Gasteiger partial charge is 0.161 e. The first-order valence-corrected chi connectivity index (χ1v) is 7.43. The Morgan fingerprint density at radius 1 is 0.810 bits per heavy atom. The zero-order chi connectivity index (χ0) is 15.1. The number of nitrogens with zero attached hydrogens (tertiary/aromatic N) is 2. The van der Waals surface area contributed by atoms with Crippen molar-refractivity contribution >= 4 is 34.1 Å². The predicted molar refractivity (Wildman–Crippen MR) is 89.2 cm³/mol. The van der Waals surface area contributed by atoms with E-state index in [0.717, 1.165) is 16.5 Å². The molecule has 0 aliphatic rings. The van der Waals surface area contributed by atoms with E-state index >= 15 is 0 Å². The second-order valence-electron chi connectivity index (χ2n) is 5.22. The lowest BCUT2D eigenvalue weighted by Gasteiger charge is -2.09. The number of benzene rings is 2. The van der Waals surface area contributed by atoms with Gasteiger partial charge in [0.25, 0.3) is 0 Å². The van der Waals surface area contributed by atoms with Crippen LogP contribution < -0.4 is 0 Å². The third-order valence-electron chi connectivity index (χ3n) is 3.73. The van der Waals surface area contributed by atoms with Crippen LogP contribution in [-0.2, 0) is 0 Å². The van der Waals surface area contributed by atoms with Gasteiger partial charge in [-0.15, -0.1) is 0 Å². The predicted octanol–water partition coefficient (Wildman–Crippen LogP) is 5.53. The Balaban J connectivity index is 2.30. The third-order valence-corrected chi connectivity index (χ3v) is 4.31. The number of aromatic nitrogens is 2. The molecule has 0 N–H and O–H groups in total. The third kappa shape index (κ3) is 2.50. The Kier molecular flexibility index (Phi) is 3.60. The van der Waals surface area contributed by atoms with Crippen LogP contribution in [0.4, 0.5) is 0 Å². The van der Waals surface area contributed by atoms with Crippen LogP contribution in [0.1, 0.15) is 16.7 Å². The van der Waals surface area contributed by atoms with Gasteiger partial charge >= 0.3 is 0 Å². The second kappa shape index (κ2) is 5.28. The quantitative estimate of drug-likeness (QED) is 0.552. The Morgan fingerprint density at radius 3 is 2.24 bits per heavy atom. The average Bonchev–Trinajstić information content (AvgIpc) is 2.45. The van der Waals surface area contributed by atoms with E-state index < -0.39 is 0 Å². The van der Waals surface area contributed by atoms with Crippen molar-refractivity contribution < 1.29 is 0 Å². The van der Waals surface area contributed by atoms with Gasteiger partial charge in [-0.1, -0.05) is 41.4 Å². The number of rotatable bonds is 1. The van der Waals surface area contributed by atoms with Crippen LogP contribution in [0.2, 0.25) is 10.2 Å². The van der Waals surface area contributed by atoms with Gasteiger partial charge in [0.05, 0.1) is 10.5 Å². The Labute approximate surface area is 133 Å². The monoisotopic (exact) mass is 316 g/mol. The first kappa shape index (κ1) is 14.3. The van der Waals surface area contributed by atoms with Gasteiger partial charge in [-0.25, -0.2) is 9.97 Å². The van der Waals surface area contributed by atoms with Gasteiger partial charge in [0.2, 0.25) is 0 Å². The molecule has 0 atom stereocenters. The molecule has 0 aliphatic carbocycles. The molecule has 0 amide bonds. The summed E-state index contributed by atoms with van der Waals surface area (Å²) in [6.07, 6.45) is 0. The lowest BCUT2D eigenvalue weighted by molar-refractivity contribution is 1.21. The van der Waals surface area contributed by atoms with E-state index in [2.05, 4.69) is 35.9 Å². The molecule has 0 saturated carbocycles. The summed E-state index contributed by atoms with van der Waals surface area (Å²) in [4.78, 5) is 9.05. The fourth-order valence-corrected chi connectivity index (χ4v) is 2.84. The van der Waals surface area contributed by atoms with E-state index in [1.54, 1.807) is 0 Å². The highest BCUT2D eigenvalue weighted by molar-refractivity contribution is 6.38. The van der Waals surface area contributed by atoms with E-state index in [4.69, 9.17) is 23.2 Å². The number of hydrogen-bond acceptors (Lipinski definition) is 2. The summed E-state index contributed by atoms with van der Waals surface area (Å²) >= 11 is 12.6. The van der Waals surface area contributed by atoms with Crippen LogP contribution in [0.5, 0.6) is 0 Å². The standard InChI is InChI=1S/C17H14Cl2N2/c1-9-4-6-12(8-11(9)3)17-20-15-13(18)7-5-10(2)14(15)16(19)21-17/h4-8H,1-3H3. The summed E-state index contributed by atoms with van der Waals surface area (Å²) in [6, 6.07) is 9.90. The largest absolute Gasteiger partial charge is 0.226 e. The fraction of sp³-hybridized carbons (Fsp3) is 0.176. The molecule has 0 fully saturated rings. The highest BCUT2D eigenvalue weighted by Gasteiger charge is 2.12. The van der Waals surface area contributed by atoms with Gasteiger partial charge < -0.3 is 0 Å². The summed E-state index contributed by atoms with van der Waals surface area (Å²) in [5, 5.41) is 1.84. The molecule has 106 valence electrons. The van der Waals surface area contributed by atoms with Crippen molar-refractivity contribution in [2.45, 2.75) is 20.8 Å². The minimum absolute atomic E-state index is 0.438. The van der Waals surface area contributed by atoms with E-state index in [-0.39, 0.29) is 0 Å². The maximum absolute atomic E-state index is 6.35. The van der Waals surface area contributed by atoms with E-state index in [9.17, 15) is 0 Å². The van der Waals surface area contributed by atoms with Gasteiger partial charge in [-0.2, -0.15) is 0 Å². The molecular formula is C17H14Cl2N2. The van der Waals surface area contributed by atoms with Crippen LogP contribution in [0.3, 0.4) is 0 Å². The van der Waals surface area contributed by atoms with E-state index in [1.807, 2.05) is 25.1 Å². The van der Waals surface area contributed by atoms with Crippen LogP contribution in [-0.4, -0.2) is 9.97 Å². The minimum atomic E-state index is 0.438. The molecule has 0 radical (unpaired) electrons. The molecule has 0 aliphatic heterocycles. The number of hydrogen-bond donors (Lipinski definition) is 0. The van der Waals surface area contributed by atoms with Gasteiger partial charge in [-0.3, -0.25) is 0 Å². The first-order valence-electron chi connectivity index (χ1n) is 6.67. The van der Waals surface area contributed by atoms with Gasteiger partial charge in [0.15, 0.2) is 5.82 Å².